The number of halogens is 2. The van der Waals surface area contributed by atoms with Crippen LogP contribution in [0.15, 0.2) is 53.1 Å². The lowest BCUT2D eigenvalue weighted by molar-refractivity contribution is 0.0430. The number of carbonyl (C=O) groups is 1. The van der Waals surface area contributed by atoms with Gasteiger partial charge in [0.25, 0.3) is 5.89 Å². The Morgan fingerprint density at radius 3 is 2.65 bits per heavy atom. The molecule has 0 radical (unpaired) electrons. The number of esters is 1. The smallest absolute Gasteiger partial charge is 0.340 e. The van der Waals surface area contributed by atoms with Crippen LogP contribution in [0, 0.1) is 0 Å². The van der Waals surface area contributed by atoms with Gasteiger partial charge in [-0.1, -0.05) is 64.8 Å². The highest BCUT2D eigenvalue weighted by Gasteiger charge is 2.16. The first-order valence-electron chi connectivity index (χ1n) is 6.64. The molecule has 3 rings (SSSR count). The van der Waals surface area contributed by atoms with Crippen molar-refractivity contribution in [3.05, 3.63) is 70.0 Å². The molecule has 2 aromatic carbocycles. The lowest BCUT2D eigenvalue weighted by Gasteiger charge is -2.04. The first-order chi connectivity index (χ1) is 11.1. The van der Waals surface area contributed by atoms with Crippen molar-refractivity contribution in [1.29, 1.82) is 0 Å². The maximum atomic E-state index is 12.0. The van der Waals surface area contributed by atoms with Crippen molar-refractivity contribution in [2.24, 2.45) is 0 Å². The van der Waals surface area contributed by atoms with Crippen LogP contribution in [0.2, 0.25) is 10.0 Å². The molecule has 0 N–H and O–H groups in total. The molecule has 0 aliphatic carbocycles. The Morgan fingerprint density at radius 2 is 1.87 bits per heavy atom. The van der Waals surface area contributed by atoms with Crippen molar-refractivity contribution in [3.8, 4) is 11.4 Å². The monoisotopic (exact) mass is 348 g/mol. The lowest BCUT2D eigenvalue weighted by atomic mass is 10.2. The minimum atomic E-state index is -0.614. The number of nitrogens with zero attached hydrogens (tertiary/aromatic N) is 2. The number of ether oxygens (including phenoxy) is 1. The van der Waals surface area contributed by atoms with Gasteiger partial charge in [0.1, 0.15) is 0 Å². The zero-order chi connectivity index (χ0) is 16.2. The normalized spacial score (nSPS) is 10.5. The van der Waals surface area contributed by atoms with E-state index in [0.717, 1.165) is 5.56 Å². The molecule has 0 atom stereocenters. The largest absolute Gasteiger partial charge is 0.452 e. The average Bonchev–Trinajstić information content (AvgIpc) is 3.05. The van der Waals surface area contributed by atoms with Crippen LogP contribution in [0.5, 0.6) is 0 Å². The summed E-state index contributed by atoms with van der Waals surface area (Å²) in [5.74, 6) is 0.00440. The van der Waals surface area contributed by atoms with Crippen LogP contribution in [0.3, 0.4) is 0 Å². The minimum Gasteiger partial charge on any atom is -0.452 e. The summed E-state index contributed by atoms with van der Waals surface area (Å²) in [6.45, 7) is -0.151. The summed E-state index contributed by atoms with van der Waals surface area (Å²) in [4.78, 5) is 16.2. The van der Waals surface area contributed by atoms with E-state index in [0.29, 0.717) is 5.82 Å². The Labute approximate surface area is 141 Å². The third kappa shape index (κ3) is 3.52. The molecule has 1 heterocycles. The van der Waals surface area contributed by atoms with E-state index in [1.807, 2.05) is 30.3 Å². The number of rotatable bonds is 4. The number of carbonyl (C=O) groups excluding carboxylic acids is 1. The second-order valence-electron chi connectivity index (χ2n) is 4.56. The second-order valence-corrected chi connectivity index (χ2v) is 5.34. The van der Waals surface area contributed by atoms with E-state index in [-0.39, 0.29) is 28.1 Å². The van der Waals surface area contributed by atoms with Gasteiger partial charge < -0.3 is 9.26 Å². The maximum Gasteiger partial charge on any atom is 0.340 e. The average molecular weight is 349 g/mol. The van der Waals surface area contributed by atoms with Crippen molar-refractivity contribution in [2.75, 3.05) is 0 Å². The highest BCUT2D eigenvalue weighted by atomic mass is 35.5. The number of benzene rings is 2. The van der Waals surface area contributed by atoms with Crippen LogP contribution in [0.1, 0.15) is 16.2 Å². The topological polar surface area (TPSA) is 65.2 Å². The van der Waals surface area contributed by atoms with Gasteiger partial charge in [-0.05, 0) is 12.1 Å². The Kier molecular flexibility index (Phi) is 4.60. The molecule has 0 bridgehead atoms. The maximum absolute atomic E-state index is 12.0. The van der Waals surface area contributed by atoms with Crippen LogP contribution < -0.4 is 0 Å². The van der Waals surface area contributed by atoms with Gasteiger partial charge in [-0.3, -0.25) is 0 Å². The molecule has 0 aliphatic rings. The highest BCUT2D eigenvalue weighted by molar-refractivity contribution is 6.43. The molecular formula is C16H10Cl2N2O3. The van der Waals surface area contributed by atoms with E-state index < -0.39 is 5.97 Å². The standard InChI is InChI=1S/C16H10Cl2N2O3/c17-12-8-4-7-11(14(12)18)16(21)22-9-13-19-15(20-23-13)10-5-2-1-3-6-10/h1-8H,9H2. The van der Waals surface area contributed by atoms with Crippen LogP contribution in [0.25, 0.3) is 11.4 Å². The van der Waals surface area contributed by atoms with Crippen molar-refractivity contribution >= 4 is 29.2 Å². The summed E-state index contributed by atoms with van der Waals surface area (Å²) in [7, 11) is 0. The second kappa shape index (κ2) is 6.81. The molecule has 0 fully saturated rings. The fraction of sp³-hybridized carbons (Fsp3) is 0.0625. The molecule has 3 aromatic rings. The zero-order valence-electron chi connectivity index (χ0n) is 11.7. The number of hydrogen-bond donors (Lipinski definition) is 0. The van der Waals surface area contributed by atoms with Gasteiger partial charge in [0.05, 0.1) is 15.6 Å². The van der Waals surface area contributed by atoms with Gasteiger partial charge in [0.15, 0.2) is 6.61 Å². The molecule has 0 aliphatic heterocycles. The Balaban J connectivity index is 1.68. The molecule has 0 saturated heterocycles. The quantitative estimate of drug-likeness (QED) is 0.653. The summed E-state index contributed by atoms with van der Waals surface area (Å²) >= 11 is 11.8. The summed E-state index contributed by atoms with van der Waals surface area (Å²) in [6.07, 6.45) is 0. The number of hydrogen-bond acceptors (Lipinski definition) is 5. The lowest BCUT2D eigenvalue weighted by Crippen LogP contribution is -2.06. The van der Waals surface area contributed by atoms with Crippen LogP contribution >= 0.6 is 23.2 Å². The third-order valence-electron chi connectivity index (χ3n) is 3.00. The molecule has 5 nitrogen and oxygen atoms in total. The molecule has 0 unspecified atom stereocenters. The predicted molar refractivity (Wildman–Crippen MR) is 85.3 cm³/mol. The van der Waals surface area contributed by atoms with Gasteiger partial charge >= 0.3 is 5.97 Å². The van der Waals surface area contributed by atoms with Crippen molar-refractivity contribution in [3.63, 3.8) is 0 Å². The van der Waals surface area contributed by atoms with Crippen molar-refractivity contribution in [1.82, 2.24) is 10.1 Å². The van der Waals surface area contributed by atoms with Gasteiger partial charge in [-0.2, -0.15) is 4.98 Å². The molecular weight excluding hydrogens is 339 g/mol. The Hall–Kier alpha value is -2.37. The molecule has 7 heteroatoms. The Bertz CT molecular complexity index is 834. The minimum absolute atomic E-state index is 0.148. The van der Waals surface area contributed by atoms with E-state index in [9.17, 15) is 4.79 Å². The first kappa shape index (κ1) is 15.5. The molecule has 23 heavy (non-hydrogen) atoms. The highest BCUT2D eigenvalue weighted by Crippen LogP contribution is 2.26. The van der Waals surface area contributed by atoms with Crippen LogP contribution in [-0.4, -0.2) is 16.1 Å². The van der Waals surface area contributed by atoms with Crippen molar-refractivity contribution < 1.29 is 14.1 Å². The number of aromatic nitrogens is 2. The van der Waals surface area contributed by atoms with Gasteiger partial charge in [0, 0.05) is 5.56 Å². The first-order valence-corrected chi connectivity index (χ1v) is 7.40. The van der Waals surface area contributed by atoms with Gasteiger partial charge in [0.2, 0.25) is 5.82 Å². The van der Waals surface area contributed by atoms with Crippen molar-refractivity contribution in [2.45, 2.75) is 6.61 Å². The molecule has 116 valence electrons. The van der Waals surface area contributed by atoms with Crippen LogP contribution in [-0.2, 0) is 11.3 Å². The van der Waals surface area contributed by atoms with E-state index >= 15 is 0 Å². The summed E-state index contributed by atoms with van der Waals surface area (Å²) in [5, 5.41) is 4.27. The van der Waals surface area contributed by atoms with E-state index in [4.69, 9.17) is 32.5 Å². The van der Waals surface area contributed by atoms with E-state index in [1.54, 1.807) is 12.1 Å². The van der Waals surface area contributed by atoms with Crippen LogP contribution in [0.4, 0.5) is 0 Å². The Morgan fingerprint density at radius 1 is 1.09 bits per heavy atom. The summed E-state index contributed by atoms with van der Waals surface area (Å²) < 4.78 is 10.2. The molecule has 0 amide bonds. The van der Waals surface area contributed by atoms with E-state index in [1.165, 1.54) is 6.07 Å². The molecule has 0 saturated carbocycles. The van der Waals surface area contributed by atoms with E-state index in [2.05, 4.69) is 10.1 Å². The molecule has 1 aromatic heterocycles. The summed E-state index contributed by atoms with van der Waals surface area (Å²) in [6, 6.07) is 14.1. The SMILES string of the molecule is O=C(OCc1nc(-c2ccccc2)no1)c1cccc(Cl)c1Cl. The molecule has 0 spiro atoms. The summed E-state index contributed by atoms with van der Waals surface area (Å²) in [5.41, 5.74) is 0.994. The third-order valence-corrected chi connectivity index (χ3v) is 3.82. The predicted octanol–water partition coefficient (Wildman–Crippen LogP) is 4.40. The fourth-order valence-electron chi connectivity index (χ4n) is 1.88. The zero-order valence-corrected chi connectivity index (χ0v) is 13.2. The fourth-order valence-corrected chi connectivity index (χ4v) is 2.26. The van der Waals surface area contributed by atoms with Gasteiger partial charge in [-0.25, -0.2) is 4.79 Å². The van der Waals surface area contributed by atoms with Gasteiger partial charge in [-0.15, -0.1) is 0 Å².